The molecule has 0 radical (unpaired) electrons. The summed E-state index contributed by atoms with van der Waals surface area (Å²) < 4.78 is 5.55. The van der Waals surface area contributed by atoms with Crippen molar-refractivity contribution in [2.24, 2.45) is 5.92 Å². The summed E-state index contributed by atoms with van der Waals surface area (Å²) in [6, 6.07) is 3.83. The molecule has 0 saturated carbocycles. The lowest BCUT2D eigenvalue weighted by Gasteiger charge is -2.34. The number of nitrogens with zero attached hydrogens (tertiary/aromatic N) is 3. The first kappa shape index (κ1) is 19.9. The Morgan fingerprint density at radius 3 is 2.33 bits per heavy atom. The van der Waals surface area contributed by atoms with E-state index in [0.29, 0.717) is 19.0 Å². The van der Waals surface area contributed by atoms with Crippen LogP contribution in [0.2, 0.25) is 0 Å². The Bertz CT molecular complexity index is 626. The zero-order valence-corrected chi connectivity index (χ0v) is 16.8. The highest BCUT2D eigenvalue weighted by atomic mass is 16.3. The number of hydrogen-bond donors (Lipinski definition) is 0. The number of piperidine rings is 1. The third-order valence-corrected chi connectivity index (χ3v) is 5.83. The van der Waals surface area contributed by atoms with Crippen molar-refractivity contribution >= 4 is 11.8 Å². The number of aryl methyl sites for hydroxylation is 1. The molecular weight excluding hydrogens is 342 g/mol. The van der Waals surface area contributed by atoms with Crippen molar-refractivity contribution in [2.45, 2.75) is 52.0 Å². The number of furan rings is 1. The minimum atomic E-state index is 0.0985. The van der Waals surface area contributed by atoms with Crippen molar-refractivity contribution in [1.82, 2.24) is 14.7 Å². The first-order valence-electron chi connectivity index (χ1n) is 10.3. The molecule has 0 aliphatic carbocycles. The molecule has 0 unspecified atom stereocenters. The molecule has 2 saturated heterocycles. The van der Waals surface area contributed by atoms with Crippen LogP contribution < -0.4 is 0 Å². The number of likely N-dealkylation sites (tertiary alicyclic amines) is 2. The molecule has 3 rings (SSSR count). The smallest absolute Gasteiger partial charge is 0.236 e. The average molecular weight is 376 g/mol. The first-order valence-corrected chi connectivity index (χ1v) is 10.3. The number of rotatable bonds is 5. The lowest BCUT2D eigenvalue weighted by molar-refractivity contribution is -0.137. The van der Waals surface area contributed by atoms with Crippen LogP contribution >= 0.6 is 0 Å². The van der Waals surface area contributed by atoms with E-state index < -0.39 is 0 Å². The Kier molecular flexibility index (Phi) is 6.94. The molecule has 0 atom stereocenters. The number of likely N-dealkylation sites (N-methyl/N-ethyl adjacent to an activating group) is 1. The minimum absolute atomic E-state index is 0.0985. The molecule has 0 spiro atoms. The Morgan fingerprint density at radius 1 is 1.07 bits per heavy atom. The fourth-order valence-corrected chi connectivity index (χ4v) is 4.09. The van der Waals surface area contributed by atoms with E-state index in [9.17, 15) is 9.59 Å². The van der Waals surface area contributed by atoms with Crippen LogP contribution in [0.1, 0.15) is 50.0 Å². The highest BCUT2D eigenvalue weighted by molar-refractivity contribution is 5.79. The molecule has 6 heteroatoms. The predicted molar refractivity (Wildman–Crippen MR) is 104 cm³/mol. The maximum absolute atomic E-state index is 12.8. The van der Waals surface area contributed by atoms with Gasteiger partial charge in [0.2, 0.25) is 11.8 Å². The van der Waals surface area contributed by atoms with E-state index in [0.717, 1.165) is 63.4 Å². The van der Waals surface area contributed by atoms with Gasteiger partial charge in [-0.05, 0) is 57.8 Å². The monoisotopic (exact) mass is 375 g/mol. The molecule has 1 aromatic rings. The second kappa shape index (κ2) is 9.40. The molecular formula is C21H33N3O3. The molecule has 6 nitrogen and oxygen atoms in total. The zero-order chi connectivity index (χ0) is 19.2. The van der Waals surface area contributed by atoms with Crippen LogP contribution in [0.5, 0.6) is 0 Å². The Balaban J connectivity index is 1.41. The van der Waals surface area contributed by atoms with Crippen molar-refractivity contribution in [3.63, 3.8) is 0 Å². The van der Waals surface area contributed by atoms with Crippen molar-refractivity contribution in [1.29, 1.82) is 0 Å². The van der Waals surface area contributed by atoms with Gasteiger partial charge in [0.25, 0.3) is 0 Å². The van der Waals surface area contributed by atoms with Crippen LogP contribution in [0.15, 0.2) is 16.5 Å². The Labute approximate surface area is 162 Å². The molecule has 0 N–H and O–H groups in total. The molecule has 150 valence electrons. The summed E-state index contributed by atoms with van der Waals surface area (Å²) >= 11 is 0. The van der Waals surface area contributed by atoms with Gasteiger partial charge >= 0.3 is 0 Å². The second-order valence-corrected chi connectivity index (χ2v) is 8.05. The summed E-state index contributed by atoms with van der Waals surface area (Å²) in [5.74, 6) is 2.25. The highest BCUT2D eigenvalue weighted by Gasteiger charge is 2.29. The summed E-state index contributed by atoms with van der Waals surface area (Å²) in [5, 5.41) is 0. The normalized spacial score (nSPS) is 19.7. The van der Waals surface area contributed by atoms with Crippen molar-refractivity contribution in [3.05, 3.63) is 23.7 Å². The van der Waals surface area contributed by atoms with Gasteiger partial charge in [0.1, 0.15) is 11.5 Å². The van der Waals surface area contributed by atoms with E-state index in [2.05, 4.69) is 9.80 Å². The van der Waals surface area contributed by atoms with E-state index in [1.807, 2.05) is 26.1 Å². The summed E-state index contributed by atoms with van der Waals surface area (Å²) in [6.07, 6.45) is 6.50. The van der Waals surface area contributed by atoms with Crippen LogP contribution in [0.3, 0.4) is 0 Å². The number of carbonyl (C=O) groups excluding carboxylic acids is 2. The largest absolute Gasteiger partial charge is 0.464 e. The Morgan fingerprint density at radius 2 is 1.74 bits per heavy atom. The van der Waals surface area contributed by atoms with Gasteiger partial charge in [-0.3, -0.25) is 14.5 Å². The maximum Gasteiger partial charge on any atom is 0.236 e. The SMILES string of the molecule is Cc1ccc(CN(C)C(=O)CN2CCC(C(=O)N3CCCCCC3)CC2)o1. The quantitative estimate of drug-likeness (QED) is 0.794. The maximum atomic E-state index is 12.8. The molecule has 2 amide bonds. The standard InChI is InChI=1S/C21H33N3O3/c1-17-7-8-19(27-17)15-22(2)20(25)16-23-13-9-18(10-14-23)21(26)24-11-5-3-4-6-12-24/h7-8,18H,3-6,9-16H2,1-2H3. The van der Waals surface area contributed by atoms with Gasteiger partial charge in [-0.15, -0.1) is 0 Å². The van der Waals surface area contributed by atoms with E-state index in [-0.39, 0.29) is 11.8 Å². The van der Waals surface area contributed by atoms with Crippen LogP contribution in [-0.4, -0.2) is 66.3 Å². The Hall–Kier alpha value is -1.82. The second-order valence-electron chi connectivity index (χ2n) is 8.05. The first-order chi connectivity index (χ1) is 13.0. The van der Waals surface area contributed by atoms with E-state index in [4.69, 9.17) is 4.42 Å². The van der Waals surface area contributed by atoms with E-state index in [1.54, 1.807) is 4.90 Å². The molecule has 2 aliphatic heterocycles. The summed E-state index contributed by atoms with van der Waals surface area (Å²) in [5.41, 5.74) is 0. The molecule has 2 aliphatic rings. The third kappa shape index (κ3) is 5.58. The van der Waals surface area contributed by atoms with Gasteiger partial charge in [-0.1, -0.05) is 12.8 Å². The molecule has 27 heavy (non-hydrogen) atoms. The lowest BCUT2D eigenvalue weighted by Crippen LogP contribution is -2.45. The molecule has 1 aromatic heterocycles. The van der Waals surface area contributed by atoms with Crippen LogP contribution in [0.4, 0.5) is 0 Å². The van der Waals surface area contributed by atoms with Crippen LogP contribution in [0.25, 0.3) is 0 Å². The van der Waals surface area contributed by atoms with Gasteiger partial charge in [-0.2, -0.15) is 0 Å². The van der Waals surface area contributed by atoms with Crippen molar-refractivity contribution in [2.75, 3.05) is 39.8 Å². The lowest BCUT2D eigenvalue weighted by atomic mass is 9.95. The van der Waals surface area contributed by atoms with Gasteiger partial charge < -0.3 is 14.2 Å². The van der Waals surface area contributed by atoms with Crippen LogP contribution in [0, 0.1) is 12.8 Å². The van der Waals surface area contributed by atoms with E-state index in [1.165, 1.54) is 12.8 Å². The van der Waals surface area contributed by atoms with Gasteiger partial charge in [0.05, 0.1) is 13.1 Å². The van der Waals surface area contributed by atoms with Crippen LogP contribution in [-0.2, 0) is 16.1 Å². The number of carbonyl (C=O) groups is 2. The van der Waals surface area contributed by atoms with E-state index >= 15 is 0 Å². The number of hydrogen-bond acceptors (Lipinski definition) is 4. The summed E-state index contributed by atoms with van der Waals surface area (Å²) in [6.45, 7) is 6.32. The molecule has 2 fully saturated rings. The topological polar surface area (TPSA) is 57.0 Å². The highest BCUT2D eigenvalue weighted by Crippen LogP contribution is 2.22. The summed E-state index contributed by atoms with van der Waals surface area (Å²) in [7, 11) is 1.82. The number of amides is 2. The zero-order valence-electron chi connectivity index (χ0n) is 16.8. The van der Waals surface area contributed by atoms with Gasteiger partial charge in [0.15, 0.2) is 0 Å². The molecule has 3 heterocycles. The predicted octanol–water partition coefficient (Wildman–Crippen LogP) is 2.66. The minimum Gasteiger partial charge on any atom is -0.464 e. The molecule has 0 aromatic carbocycles. The van der Waals surface area contributed by atoms with Crippen molar-refractivity contribution < 1.29 is 14.0 Å². The van der Waals surface area contributed by atoms with Gasteiger partial charge in [-0.25, -0.2) is 0 Å². The van der Waals surface area contributed by atoms with Crippen molar-refractivity contribution in [3.8, 4) is 0 Å². The van der Waals surface area contributed by atoms with Gasteiger partial charge in [0, 0.05) is 26.1 Å². The fraction of sp³-hybridized carbons (Fsp3) is 0.714. The fourth-order valence-electron chi connectivity index (χ4n) is 4.09. The third-order valence-electron chi connectivity index (χ3n) is 5.83. The summed E-state index contributed by atoms with van der Waals surface area (Å²) in [4.78, 5) is 31.2. The molecule has 0 bridgehead atoms. The average Bonchev–Trinajstić information content (AvgIpc) is 2.91.